The third-order valence-electron chi connectivity index (χ3n) is 7.55. The summed E-state index contributed by atoms with van der Waals surface area (Å²) in [6, 6.07) is 45.9. The first-order valence-electron chi connectivity index (χ1n) is 14.0. The van der Waals surface area contributed by atoms with Crippen molar-refractivity contribution in [2.45, 2.75) is 0 Å². The first-order chi connectivity index (χ1) is 21.7. The zero-order valence-electron chi connectivity index (χ0n) is 23.5. The van der Waals surface area contributed by atoms with Crippen LogP contribution in [0, 0.1) is 12.1 Å². The summed E-state index contributed by atoms with van der Waals surface area (Å²) in [7, 11) is 0. The van der Waals surface area contributed by atoms with Crippen molar-refractivity contribution < 1.29 is 21.1 Å². The molecule has 4 heterocycles. The van der Waals surface area contributed by atoms with Gasteiger partial charge in [0.15, 0.2) is 0 Å². The second-order valence-electron chi connectivity index (χ2n) is 10.2. The largest absolute Gasteiger partial charge is 2.00 e. The Morgan fingerprint density at radius 3 is 1.71 bits per heavy atom. The van der Waals surface area contributed by atoms with Crippen LogP contribution in [-0.4, -0.2) is 28.2 Å². The molecule has 4 aromatic heterocycles. The summed E-state index contributed by atoms with van der Waals surface area (Å²) in [5.74, 6) is 0.873. The van der Waals surface area contributed by atoms with Crippen molar-refractivity contribution in [3.8, 4) is 34.3 Å². The SMILES string of the molecule is O=c1n(-c2ccccn2)c2[c-]c3c(cc2n1-c1ccccc1)n(-c1ccccc1)c(=O)n3-c1cccc(-c2[c-]cccc2)n1.[Pt+2]. The van der Waals surface area contributed by atoms with E-state index >= 15 is 0 Å². The van der Waals surface area contributed by atoms with Gasteiger partial charge in [0.25, 0.3) is 0 Å². The van der Waals surface area contributed by atoms with Gasteiger partial charge < -0.3 is 9.13 Å². The zero-order valence-corrected chi connectivity index (χ0v) is 25.8. The monoisotopic (exact) mass is 765 g/mol. The molecule has 0 aliphatic heterocycles. The van der Waals surface area contributed by atoms with Gasteiger partial charge in [-0.3, -0.25) is 14.1 Å². The second kappa shape index (κ2) is 11.5. The van der Waals surface area contributed by atoms with E-state index < -0.39 is 0 Å². The Morgan fingerprint density at radius 2 is 1.13 bits per heavy atom. The van der Waals surface area contributed by atoms with Crippen molar-refractivity contribution >= 4 is 22.1 Å². The molecule has 8 nitrogen and oxygen atoms in total. The van der Waals surface area contributed by atoms with E-state index in [2.05, 4.69) is 17.1 Å². The summed E-state index contributed by atoms with van der Waals surface area (Å²) < 4.78 is 6.33. The molecule has 8 rings (SSSR count). The van der Waals surface area contributed by atoms with Gasteiger partial charge in [0, 0.05) is 17.6 Å². The van der Waals surface area contributed by atoms with E-state index in [4.69, 9.17) is 4.98 Å². The van der Waals surface area contributed by atoms with Crippen LogP contribution < -0.4 is 11.4 Å². The maximum Gasteiger partial charge on any atom is 2.00 e. The average molecular weight is 766 g/mol. The molecule has 218 valence electrons. The zero-order chi connectivity index (χ0) is 29.6. The van der Waals surface area contributed by atoms with Crippen molar-refractivity contribution in [2.75, 3.05) is 0 Å². The van der Waals surface area contributed by atoms with Crippen molar-refractivity contribution in [1.82, 2.24) is 28.2 Å². The van der Waals surface area contributed by atoms with Gasteiger partial charge in [-0.25, -0.2) is 14.6 Å². The Morgan fingerprint density at radius 1 is 0.556 bits per heavy atom. The smallest absolute Gasteiger partial charge is 0.315 e. The van der Waals surface area contributed by atoms with Gasteiger partial charge in [-0.1, -0.05) is 54.6 Å². The number of rotatable bonds is 5. The van der Waals surface area contributed by atoms with E-state index in [-0.39, 0.29) is 32.4 Å². The van der Waals surface area contributed by atoms with Crippen LogP contribution in [0.25, 0.3) is 56.3 Å². The molecule has 0 aliphatic rings. The van der Waals surface area contributed by atoms with Crippen molar-refractivity contribution in [3.63, 3.8) is 0 Å². The van der Waals surface area contributed by atoms with Gasteiger partial charge in [0.05, 0.1) is 0 Å². The van der Waals surface area contributed by atoms with E-state index in [1.807, 2.05) is 109 Å². The molecule has 45 heavy (non-hydrogen) atoms. The third kappa shape index (κ3) is 4.67. The molecule has 0 aliphatic carbocycles. The Kier molecular flexibility index (Phi) is 7.20. The van der Waals surface area contributed by atoms with Crippen LogP contribution in [-0.2, 0) is 21.1 Å². The predicted octanol–water partition coefficient (Wildman–Crippen LogP) is 5.93. The van der Waals surface area contributed by atoms with Crippen LogP contribution in [0.4, 0.5) is 0 Å². The summed E-state index contributed by atoms with van der Waals surface area (Å²) in [5.41, 5.74) is 4.37. The normalized spacial score (nSPS) is 11.1. The number of hydrogen-bond acceptors (Lipinski definition) is 4. The molecular weight excluding hydrogens is 744 g/mol. The quantitative estimate of drug-likeness (QED) is 0.204. The minimum atomic E-state index is -0.310. The number of pyridine rings is 2. The van der Waals surface area contributed by atoms with Gasteiger partial charge in [-0.2, -0.15) is 0 Å². The maximum atomic E-state index is 14.4. The van der Waals surface area contributed by atoms with Crippen LogP contribution in [0.5, 0.6) is 0 Å². The molecule has 0 radical (unpaired) electrons. The summed E-state index contributed by atoms with van der Waals surface area (Å²) in [6.45, 7) is 0. The molecule has 8 aromatic rings. The molecule has 4 aromatic carbocycles. The van der Waals surface area contributed by atoms with Crippen LogP contribution >= 0.6 is 0 Å². The predicted molar refractivity (Wildman–Crippen MR) is 170 cm³/mol. The van der Waals surface area contributed by atoms with Crippen molar-refractivity contribution in [3.05, 3.63) is 167 Å². The second-order valence-corrected chi connectivity index (χ2v) is 10.2. The van der Waals surface area contributed by atoms with Gasteiger partial charge in [-0.15, -0.1) is 48.0 Å². The van der Waals surface area contributed by atoms with Crippen LogP contribution in [0.1, 0.15) is 0 Å². The summed E-state index contributed by atoms with van der Waals surface area (Å²) in [4.78, 5) is 37.9. The van der Waals surface area contributed by atoms with Gasteiger partial charge in [0.1, 0.15) is 11.6 Å². The van der Waals surface area contributed by atoms with Crippen molar-refractivity contribution in [2.24, 2.45) is 0 Å². The van der Waals surface area contributed by atoms with E-state index in [9.17, 15) is 9.59 Å². The maximum absolute atomic E-state index is 14.4. The Bertz CT molecular complexity index is 2410. The van der Waals surface area contributed by atoms with Crippen LogP contribution in [0.15, 0.2) is 143 Å². The fraction of sp³-hybridized carbons (Fsp3) is 0. The van der Waals surface area contributed by atoms with Gasteiger partial charge in [0.2, 0.25) is 0 Å². The number of para-hydroxylation sites is 2. The first-order valence-corrected chi connectivity index (χ1v) is 14.0. The minimum Gasteiger partial charge on any atom is -0.315 e. The molecule has 0 atom stereocenters. The molecule has 0 unspecified atom stereocenters. The number of aromatic nitrogens is 6. The van der Waals surface area contributed by atoms with Crippen LogP contribution in [0.3, 0.4) is 0 Å². The molecule has 0 bridgehead atoms. The number of fused-ring (bicyclic) bond motifs is 2. The standard InChI is InChI=1S/C36H22N6O2.Pt/c43-35-39(26-15-6-2-7-16-26)29-23-30-32(24-31(29)41(35)33-20-10-11-22-37-33)42(36(44)40(30)27-17-8-3-9-18-27)34-21-12-19-28(38-34)25-13-4-1-5-14-25;/h1-13,15-23H;/q-2;+2. The Hall–Kier alpha value is -5.59. The molecule has 0 spiro atoms. The van der Waals surface area contributed by atoms with Crippen molar-refractivity contribution in [1.29, 1.82) is 0 Å². The summed E-state index contributed by atoms with van der Waals surface area (Å²) in [6.07, 6.45) is 1.64. The molecule has 0 amide bonds. The Balaban J connectivity index is 0.00000325. The topological polar surface area (TPSA) is 79.6 Å². The van der Waals surface area contributed by atoms with E-state index in [1.54, 1.807) is 38.1 Å². The summed E-state index contributed by atoms with van der Waals surface area (Å²) >= 11 is 0. The molecule has 0 saturated heterocycles. The number of imidazole rings is 2. The number of hydrogen-bond donors (Lipinski definition) is 0. The molecule has 0 fully saturated rings. The first kappa shape index (κ1) is 28.2. The fourth-order valence-corrected chi connectivity index (χ4v) is 5.60. The number of benzene rings is 4. The summed E-state index contributed by atoms with van der Waals surface area (Å²) in [5, 5.41) is 0. The Labute approximate surface area is 271 Å². The van der Waals surface area contributed by atoms with E-state index in [1.165, 1.54) is 4.57 Å². The number of nitrogens with zero attached hydrogens (tertiary/aromatic N) is 6. The average Bonchev–Trinajstić information content (AvgIpc) is 3.53. The molecule has 0 saturated carbocycles. The molecule has 9 heteroatoms. The van der Waals surface area contributed by atoms with E-state index in [0.717, 1.165) is 5.56 Å². The molecular formula is C36H22N6O2Pt. The van der Waals surface area contributed by atoms with Gasteiger partial charge >= 0.3 is 32.4 Å². The fourth-order valence-electron chi connectivity index (χ4n) is 5.60. The van der Waals surface area contributed by atoms with Crippen LogP contribution in [0.2, 0.25) is 0 Å². The molecule has 0 N–H and O–H groups in total. The van der Waals surface area contributed by atoms with E-state index in [0.29, 0.717) is 50.8 Å². The van der Waals surface area contributed by atoms with Gasteiger partial charge in [-0.05, 0) is 70.2 Å². The third-order valence-corrected chi connectivity index (χ3v) is 7.55. The minimum absolute atomic E-state index is 0.